The van der Waals surface area contributed by atoms with E-state index < -0.39 is 9.28 Å². The van der Waals surface area contributed by atoms with Crippen molar-refractivity contribution < 1.29 is 8.85 Å². The maximum atomic E-state index is 5.56. The molecule has 2 nitrogen and oxygen atoms in total. The van der Waals surface area contributed by atoms with Gasteiger partial charge in [0.1, 0.15) is 0 Å². The summed E-state index contributed by atoms with van der Waals surface area (Å²) in [5.41, 5.74) is 0. The van der Waals surface area contributed by atoms with Crippen molar-refractivity contribution in [2.24, 2.45) is 0 Å². The van der Waals surface area contributed by atoms with Crippen LogP contribution in [0.25, 0.3) is 0 Å². The van der Waals surface area contributed by atoms with Crippen LogP contribution in [-0.2, 0) is 8.85 Å². The predicted molar refractivity (Wildman–Crippen MR) is 56.0 cm³/mol. The fourth-order valence-corrected chi connectivity index (χ4v) is 3.04. The van der Waals surface area contributed by atoms with Crippen molar-refractivity contribution in [1.82, 2.24) is 0 Å². The Morgan fingerprint density at radius 1 is 0.833 bits per heavy atom. The summed E-state index contributed by atoms with van der Waals surface area (Å²) in [5, 5.41) is 0. The first-order valence-corrected chi connectivity index (χ1v) is 7.12. The Bertz CT molecular complexity index is 88.9. The predicted octanol–water partition coefficient (Wildman–Crippen LogP) is 1.96. The SMILES string of the molecule is ClCCO[SiH](CCCl)OCCCl. The van der Waals surface area contributed by atoms with Gasteiger partial charge in [-0.2, -0.15) is 0 Å². The summed E-state index contributed by atoms with van der Waals surface area (Å²) in [5.74, 6) is 1.56. The van der Waals surface area contributed by atoms with Gasteiger partial charge in [0.2, 0.25) is 0 Å². The van der Waals surface area contributed by atoms with Crippen LogP contribution in [0.15, 0.2) is 0 Å². The number of halogens is 3. The minimum absolute atomic E-state index is 0.496. The summed E-state index contributed by atoms with van der Waals surface area (Å²) in [6, 6.07) is 0.801. The van der Waals surface area contributed by atoms with Gasteiger partial charge >= 0.3 is 9.28 Å². The highest BCUT2D eigenvalue weighted by Gasteiger charge is 2.11. The molecule has 74 valence electrons. The van der Waals surface area contributed by atoms with E-state index in [0.29, 0.717) is 30.9 Å². The molecule has 0 heterocycles. The van der Waals surface area contributed by atoms with E-state index in [1.54, 1.807) is 0 Å². The summed E-state index contributed by atoms with van der Waals surface area (Å²) >= 11 is 16.5. The molecule has 0 atom stereocenters. The second-order valence-corrected chi connectivity index (χ2v) is 5.26. The quantitative estimate of drug-likeness (QED) is 0.485. The van der Waals surface area contributed by atoms with E-state index in [-0.39, 0.29) is 0 Å². The standard InChI is InChI=1S/C6H13Cl3O2Si/c7-1-4-10-12(6-3-9)11-5-2-8/h12H,1-6H2. The van der Waals surface area contributed by atoms with Crippen molar-refractivity contribution in [1.29, 1.82) is 0 Å². The van der Waals surface area contributed by atoms with Gasteiger partial charge in [-0.25, -0.2) is 0 Å². The molecule has 0 aliphatic carbocycles. The van der Waals surface area contributed by atoms with Gasteiger partial charge in [0.05, 0.1) is 0 Å². The van der Waals surface area contributed by atoms with Crippen molar-refractivity contribution in [2.45, 2.75) is 6.04 Å². The van der Waals surface area contributed by atoms with Crippen LogP contribution in [0.3, 0.4) is 0 Å². The molecule has 0 saturated carbocycles. The molecule has 0 unspecified atom stereocenters. The maximum Gasteiger partial charge on any atom is 0.322 e. The third-order valence-corrected chi connectivity index (χ3v) is 3.97. The molecule has 0 saturated heterocycles. The van der Waals surface area contributed by atoms with E-state index in [1.165, 1.54) is 0 Å². The van der Waals surface area contributed by atoms with Gasteiger partial charge in [0.25, 0.3) is 0 Å². The summed E-state index contributed by atoms with van der Waals surface area (Å²) in [6.07, 6.45) is 0. The van der Waals surface area contributed by atoms with Crippen LogP contribution in [0.2, 0.25) is 6.04 Å². The van der Waals surface area contributed by atoms with Crippen molar-refractivity contribution in [3.63, 3.8) is 0 Å². The fourth-order valence-electron chi connectivity index (χ4n) is 0.656. The highest BCUT2D eigenvalue weighted by Crippen LogP contribution is 2.00. The zero-order valence-electron chi connectivity index (χ0n) is 6.77. The molecule has 6 heteroatoms. The molecule has 0 rings (SSSR count). The van der Waals surface area contributed by atoms with Crippen LogP contribution in [0.4, 0.5) is 0 Å². The van der Waals surface area contributed by atoms with Gasteiger partial charge in [-0.05, 0) is 0 Å². The third-order valence-electron chi connectivity index (χ3n) is 1.11. The number of alkyl halides is 3. The summed E-state index contributed by atoms with van der Waals surface area (Å²) < 4.78 is 10.8. The van der Waals surface area contributed by atoms with E-state index in [9.17, 15) is 0 Å². The van der Waals surface area contributed by atoms with Crippen molar-refractivity contribution in [2.75, 3.05) is 30.9 Å². The van der Waals surface area contributed by atoms with E-state index in [2.05, 4.69) is 0 Å². The first kappa shape index (κ1) is 13.0. The maximum absolute atomic E-state index is 5.56. The minimum Gasteiger partial charge on any atom is -0.395 e. The van der Waals surface area contributed by atoms with Gasteiger partial charge in [0, 0.05) is 36.9 Å². The summed E-state index contributed by atoms with van der Waals surface area (Å²) in [4.78, 5) is 0. The largest absolute Gasteiger partial charge is 0.395 e. The van der Waals surface area contributed by atoms with Crippen LogP contribution in [0.1, 0.15) is 0 Å². The smallest absolute Gasteiger partial charge is 0.322 e. The van der Waals surface area contributed by atoms with Crippen LogP contribution < -0.4 is 0 Å². The van der Waals surface area contributed by atoms with E-state index in [0.717, 1.165) is 6.04 Å². The lowest BCUT2D eigenvalue weighted by atomic mass is 10.9. The highest BCUT2D eigenvalue weighted by molar-refractivity contribution is 6.46. The molecular formula is C6H13Cl3O2Si. The van der Waals surface area contributed by atoms with Gasteiger partial charge in [-0.15, -0.1) is 34.8 Å². The Morgan fingerprint density at radius 2 is 1.33 bits per heavy atom. The first-order valence-electron chi connectivity index (χ1n) is 3.76. The average Bonchev–Trinajstić information content (AvgIpc) is 2.10. The average molecular weight is 252 g/mol. The molecule has 0 bridgehead atoms. The second-order valence-electron chi connectivity index (χ2n) is 2.03. The molecule has 0 aliphatic heterocycles. The molecule has 0 amide bonds. The van der Waals surface area contributed by atoms with Crippen molar-refractivity contribution in [3.05, 3.63) is 0 Å². The van der Waals surface area contributed by atoms with Gasteiger partial charge < -0.3 is 8.85 Å². The molecule has 0 aromatic carbocycles. The third kappa shape index (κ3) is 7.65. The van der Waals surface area contributed by atoms with Gasteiger partial charge in [-0.1, -0.05) is 0 Å². The van der Waals surface area contributed by atoms with Crippen molar-refractivity contribution in [3.8, 4) is 0 Å². The number of hydrogen-bond donors (Lipinski definition) is 0. The Labute approximate surface area is 89.9 Å². The zero-order valence-corrected chi connectivity index (χ0v) is 10.2. The van der Waals surface area contributed by atoms with E-state index >= 15 is 0 Å². The summed E-state index contributed by atoms with van der Waals surface area (Å²) in [6.45, 7) is 1.08. The lowest BCUT2D eigenvalue weighted by Crippen LogP contribution is -2.25. The normalized spacial score (nSPS) is 11.0. The van der Waals surface area contributed by atoms with Crippen molar-refractivity contribution >= 4 is 44.1 Å². The summed E-state index contributed by atoms with van der Waals surface area (Å²) in [7, 11) is -1.57. The molecule has 0 aromatic rings. The topological polar surface area (TPSA) is 18.5 Å². The van der Waals surface area contributed by atoms with Crippen LogP contribution in [0.5, 0.6) is 0 Å². The van der Waals surface area contributed by atoms with Gasteiger partial charge in [-0.3, -0.25) is 0 Å². The number of hydrogen-bond acceptors (Lipinski definition) is 2. The number of rotatable bonds is 8. The fraction of sp³-hybridized carbons (Fsp3) is 1.00. The Balaban J connectivity index is 3.40. The lowest BCUT2D eigenvalue weighted by Gasteiger charge is -2.13. The monoisotopic (exact) mass is 250 g/mol. The molecule has 0 aliphatic rings. The molecule has 0 N–H and O–H groups in total. The van der Waals surface area contributed by atoms with Crippen LogP contribution >= 0.6 is 34.8 Å². The Hall–Kier alpha value is 1.01. The molecule has 0 aromatic heterocycles. The highest BCUT2D eigenvalue weighted by atomic mass is 35.5. The van der Waals surface area contributed by atoms with Crippen LogP contribution in [0, 0.1) is 0 Å². The van der Waals surface area contributed by atoms with E-state index in [1.807, 2.05) is 0 Å². The Morgan fingerprint density at radius 3 is 1.67 bits per heavy atom. The molecular weight excluding hydrogens is 239 g/mol. The molecule has 0 spiro atoms. The first-order chi connectivity index (χ1) is 5.85. The minimum atomic E-state index is -1.57. The lowest BCUT2D eigenvalue weighted by molar-refractivity contribution is 0.217. The molecule has 12 heavy (non-hydrogen) atoms. The second kappa shape index (κ2) is 10.1. The molecule has 0 radical (unpaired) electrons. The van der Waals surface area contributed by atoms with E-state index in [4.69, 9.17) is 43.7 Å². The molecule has 0 fully saturated rings. The Kier molecular flexibility index (Phi) is 10.9. The zero-order chi connectivity index (χ0) is 9.23. The van der Waals surface area contributed by atoms with Gasteiger partial charge in [0.15, 0.2) is 0 Å². The van der Waals surface area contributed by atoms with Crippen LogP contribution in [-0.4, -0.2) is 40.1 Å².